The maximum Gasteiger partial charge on any atom is 0.307 e. The first kappa shape index (κ1) is 49.1. The zero-order chi connectivity index (χ0) is 42.0. The van der Waals surface area contributed by atoms with Crippen molar-refractivity contribution in [3.63, 3.8) is 0 Å². The van der Waals surface area contributed by atoms with Crippen LogP contribution in [-0.2, 0) is 57.2 Å². The monoisotopic (exact) mass is 822 g/mol. The van der Waals surface area contributed by atoms with E-state index >= 15 is 0 Å². The molecule has 0 radical (unpaired) electrons. The van der Waals surface area contributed by atoms with Crippen LogP contribution in [0.1, 0.15) is 149 Å². The number of nitrogens with one attached hydrogen (secondary N) is 1. The van der Waals surface area contributed by atoms with Crippen LogP contribution in [-0.4, -0.2) is 89.0 Å². The predicted molar refractivity (Wildman–Crippen MR) is 217 cm³/mol. The zero-order valence-corrected chi connectivity index (χ0v) is 35.9. The normalized spacial score (nSPS) is 24.4. The summed E-state index contributed by atoms with van der Waals surface area (Å²) >= 11 is 0. The van der Waals surface area contributed by atoms with E-state index in [-0.39, 0.29) is 83.5 Å². The lowest BCUT2D eigenvalue weighted by atomic mass is 9.81. The van der Waals surface area contributed by atoms with Crippen LogP contribution in [0.15, 0.2) is 0 Å². The summed E-state index contributed by atoms with van der Waals surface area (Å²) in [4.78, 5) is 73.3. The summed E-state index contributed by atoms with van der Waals surface area (Å²) in [5.74, 6) is 1.05. The van der Waals surface area contributed by atoms with E-state index in [1.165, 1.54) is 38.5 Å². The molecule has 1 N–H and O–H groups in total. The number of esters is 5. The first-order valence-corrected chi connectivity index (χ1v) is 22.5. The summed E-state index contributed by atoms with van der Waals surface area (Å²) < 4.78 is 32.2. The third-order valence-corrected chi connectivity index (χ3v) is 12.5. The van der Waals surface area contributed by atoms with Gasteiger partial charge in [0, 0.05) is 32.4 Å². The summed E-state index contributed by atoms with van der Waals surface area (Å²) in [6.07, 6.45) is 17.5. The van der Waals surface area contributed by atoms with E-state index in [9.17, 15) is 28.8 Å². The van der Waals surface area contributed by atoms with Gasteiger partial charge in [0.05, 0.1) is 24.7 Å². The van der Waals surface area contributed by atoms with Crippen LogP contribution in [0, 0.1) is 47.3 Å². The van der Waals surface area contributed by atoms with E-state index in [1.807, 2.05) is 0 Å². The fourth-order valence-corrected chi connectivity index (χ4v) is 8.20. The Balaban J connectivity index is 1.30. The maximum absolute atomic E-state index is 12.6. The van der Waals surface area contributed by atoms with Crippen LogP contribution in [0.5, 0.6) is 0 Å². The molecule has 0 aromatic rings. The average molecular weight is 822 g/mol. The molecule has 3 aliphatic rings. The van der Waals surface area contributed by atoms with E-state index < -0.39 is 23.8 Å². The number of rotatable bonds is 28. The lowest BCUT2D eigenvalue weighted by Crippen LogP contribution is -2.28. The summed E-state index contributed by atoms with van der Waals surface area (Å²) in [7, 11) is 0. The van der Waals surface area contributed by atoms with Crippen molar-refractivity contribution < 1.29 is 57.2 Å². The molecule has 13 heteroatoms. The van der Waals surface area contributed by atoms with Crippen molar-refractivity contribution in [1.82, 2.24) is 5.32 Å². The molecule has 0 aromatic heterocycles. The summed E-state index contributed by atoms with van der Waals surface area (Å²) in [5, 5.41) is 3.03. The largest absolute Gasteiger partial charge is 0.467 e. The Kier molecular flexibility index (Phi) is 24.6. The van der Waals surface area contributed by atoms with E-state index in [4.69, 9.17) is 28.4 Å². The molecule has 3 rings (SSSR count). The van der Waals surface area contributed by atoms with Crippen LogP contribution in [0.2, 0.25) is 0 Å². The second-order valence-electron chi connectivity index (χ2n) is 17.8. The molecule has 3 saturated carbocycles. The highest BCUT2D eigenvalue weighted by atomic mass is 16.6. The van der Waals surface area contributed by atoms with E-state index in [1.54, 1.807) is 0 Å². The molecule has 332 valence electrons. The highest BCUT2D eigenvalue weighted by Crippen LogP contribution is 2.33. The topological polar surface area (TPSA) is 170 Å². The van der Waals surface area contributed by atoms with Crippen molar-refractivity contribution in [2.75, 3.05) is 52.7 Å². The Morgan fingerprint density at radius 2 is 0.724 bits per heavy atom. The van der Waals surface area contributed by atoms with Gasteiger partial charge in [-0.1, -0.05) is 97.8 Å². The minimum Gasteiger partial charge on any atom is -0.467 e. The molecular weight excluding hydrogens is 746 g/mol. The summed E-state index contributed by atoms with van der Waals surface area (Å²) in [6, 6.07) is 0. The SMILES string of the molecule is CC1CCC(CCC(=O)OCC(COC=O)COC(=O)CCNCCC(=O)OCC(COC(=O)CCC2CCC(C)CC2)COC(=O)CCC2CCC(C)CC2)CC1. The first-order chi connectivity index (χ1) is 28.0. The van der Waals surface area contributed by atoms with Crippen molar-refractivity contribution in [2.45, 2.75) is 149 Å². The molecule has 0 spiro atoms. The molecule has 58 heavy (non-hydrogen) atoms. The van der Waals surface area contributed by atoms with E-state index in [2.05, 4.69) is 26.1 Å². The molecule has 3 fully saturated rings. The molecule has 1 unspecified atom stereocenters. The third kappa shape index (κ3) is 22.8. The number of carbonyl (C=O) groups is 6. The van der Waals surface area contributed by atoms with Gasteiger partial charge in [-0.15, -0.1) is 0 Å². The van der Waals surface area contributed by atoms with E-state index in [0.29, 0.717) is 43.5 Å². The molecular formula is C45H75NO12. The number of hydrogen-bond acceptors (Lipinski definition) is 13. The molecule has 3 aliphatic carbocycles. The van der Waals surface area contributed by atoms with Crippen LogP contribution in [0.25, 0.3) is 0 Å². The van der Waals surface area contributed by atoms with Crippen LogP contribution in [0.3, 0.4) is 0 Å². The smallest absolute Gasteiger partial charge is 0.307 e. The first-order valence-electron chi connectivity index (χ1n) is 22.5. The van der Waals surface area contributed by atoms with Crippen molar-refractivity contribution in [2.24, 2.45) is 47.3 Å². The van der Waals surface area contributed by atoms with Crippen LogP contribution in [0.4, 0.5) is 0 Å². The number of carbonyl (C=O) groups excluding carboxylic acids is 6. The van der Waals surface area contributed by atoms with Crippen molar-refractivity contribution in [3.8, 4) is 0 Å². The fraction of sp³-hybridized carbons (Fsp3) is 0.867. The highest BCUT2D eigenvalue weighted by molar-refractivity contribution is 5.71. The van der Waals surface area contributed by atoms with Gasteiger partial charge in [-0.2, -0.15) is 0 Å². The van der Waals surface area contributed by atoms with Crippen LogP contribution >= 0.6 is 0 Å². The molecule has 0 bridgehead atoms. The van der Waals surface area contributed by atoms with Gasteiger partial charge in [0.15, 0.2) is 0 Å². The third-order valence-electron chi connectivity index (χ3n) is 12.5. The Labute approximate surface area is 347 Å². The maximum atomic E-state index is 12.6. The Hall–Kier alpha value is -3.22. The van der Waals surface area contributed by atoms with Crippen molar-refractivity contribution >= 4 is 36.3 Å². The molecule has 0 aromatic carbocycles. The van der Waals surface area contributed by atoms with Gasteiger partial charge >= 0.3 is 29.8 Å². The number of ether oxygens (including phenoxy) is 6. The van der Waals surface area contributed by atoms with Gasteiger partial charge < -0.3 is 33.7 Å². The van der Waals surface area contributed by atoms with Gasteiger partial charge in [-0.05, 0) is 54.8 Å². The molecule has 0 amide bonds. The second kappa shape index (κ2) is 29.1. The molecule has 0 aliphatic heterocycles. The van der Waals surface area contributed by atoms with Gasteiger partial charge in [0.2, 0.25) is 0 Å². The van der Waals surface area contributed by atoms with E-state index in [0.717, 1.165) is 75.5 Å². The Bertz CT molecular complexity index is 1160. The van der Waals surface area contributed by atoms with Gasteiger partial charge in [-0.3, -0.25) is 28.8 Å². The Morgan fingerprint density at radius 3 is 1.02 bits per heavy atom. The van der Waals surface area contributed by atoms with Crippen molar-refractivity contribution in [3.05, 3.63) is 0 Å². The predicted octanol–water partition coefficient (Wildman–Crippen LogP) is 7.30. The van der Waals surface area contributed by atoms with Crippen molar-refractivity contribution in [1.29, 1.82) is 0 Å². The molecule has 0 saturated heterocycles. The molecule has 0 heterocycles. The number of hydrogen-bond donors (Lipinski definition) is 1. The summed E-state index contributed by atoms with van der Waals surface area (Å²) in [6.45, 7) is 7.41. The summed E-state index contributed by atoms with van der Waals surface area (Å²) in [5.41, 5.74) is 0. The highest BCUT2D eigenvalue weighted by Gasteiger charge is 2.24. The lowest BCUT2D eigenvalue weighted by molar-refractivity contribution is -0.155. The molecule has 13 nitrogen and oxygen atoms in total. The fourth-order valence-electron chi connectivity index (χ4n) is 8.20. The molecule has 1 atom stereocenters. The minimum atomic E-state index is -0.488. The minimum absolute atomic E-state index is 0.00755. The van der Waals surface area contributed by atoms with Gasteiger partial charge in [0.1, 0.15) is 39.6 Å². The standard InChI is InChI=1S/C45H75NO12/c1-33-4-10-36(11-5-33)16-19-41(48)54-27-39(26-53-32-47)28-57-44(51)22-24-46-25-23-45(52)58-31-40(29-55-42(49)20-17-37-12-6-34(2)7-13-37)30-56-43(50)21-18-38-14-8-35(3)9-15-38/h32-40,46H,4-31H2,1-3H3. The van der Waals surface area contributed by atoms with Gasteiger partial charge in [0.25, 0.3) is 6.47 Å². The van der Waals surface area contributed by atoms with Crippen LogP contribution < -0.4 is 5.32 Å². The zero-order valence-electron chi connectivity index (χ0n) is 35.9. The van der Waals surface area contributed by atoms with Gasteiger partial charge in [-0.25, -0.2) is 0 Å². The Morgan fingerprint density at radius 1 is 0.448 bits per heavy atom. The lowest BCUT2D eigenvalue weighted by Gasteiger charge is -2.26. The average Bonchev–Trinajstić information content (AvgIpc) is 3.22. The quantitative estimate of drug-likeness (QED) is 0.0362. The second-order valence-corrected chi connectivity index (χ2v) is 17.8.